The van der Waals surface area contributed by atoms with Crippen LogP contribution >= 0.6 is 24.0 Å². The first-order valence-electron chi connectivity index (χ1n) is 10.6. The highest BCUT2D eigenvalue weighted by molar-refractivity contribution is 14.0. The van der Waals surface area contributed by atoms with Crippen molar-refractivity contribution in [1.29, 1.82) is 0 Å². The number of nitrogens with one attached hydrogen (secondary N) is 2. The Morgan fingerprint density at radius 3 is 2.61 bits per heavy atom. The van der Waals surface area contributed by atoms with Crippen molar-refractivity contribution in [3.05, 3.63) is 53.6 Å². The van der Waals surface area contributed by atoms with Crippen molar-refractivity contribution < 1.29 is 14.2 Å². The molecule has 1 heterocycles. The zero-order valence-corrected chi connectivity index (χ0v) is 21.1. The van der Waals surface area contributed by atoms with Crippen LogP contribution in [0.1, 0.15) is 37.0 Å². The summed E-state index contributed by atoms with van der Waals surface area (Å²) in [6, 6.07) is 14.4. The first-order chi connectivity index (χ1) is 14.6. The van der Waals surface area contributed by atoms with Crippen molar-refractivity contribution >= 4 is 35.6 Å². The molecule has 3 rings (SSSR count). The smallest absolute Gasteiger partial charge is 0.195 e. The molecule has 0 radical (unpaired) electrons. The van der Waals surface area contributed by atoms with E-state index in [1.807, 2.05) is 25.1 Å². The lowest BCUT2D eigenvalue weighted by molar-refractivity contribution is -0.0264. The lowest BCUT2D eigenvalue weighted by atomic mass is 9.89. The van der Waals surface area contributed by atoms with E-state index in [9.17, 15) is 0 Å². The largest absolute Gasteiger partial charge is 0.493 e. The van der Waals surface area contributed by atoms with Crippen LogP contribution in [0.25, 0.3) is 0 Å². The van der Waals surface area contributed by atoms with Crippen LogP contribution in [0.15, 0.2) is 47.5 Å². The molecule has 0 aromatic heterocycles. The van der Waals surface area contributed by atoms with E-state index in [2.05, 4.69) is 46.8 Å². The van der Waals surface area contributed by atoms with Crippen LogP contribution < -0.4 is 20.1 Å². The highest BCUT2D eigenvalue weighted by atomic mass is 127. The Kier molecular flexibility index (Phi) is 10.4. The summed E-state index contributed by atoms with van der Waals surface area (Å²) in [5.74, 6) is 2.52. The fraction of sp³-hybridized carbons (Fsp3) is 0.458. The van der Waals surface area contributed by atoms with Gasteiger partial charge in [0.15, 0.2) is 17.5 Å². The summed E-state index contributed by atoms with van der Waals surface area (Å²) in [4.78, 5) is 4.37. The number of aliphatic imine (C=N–C) groups is 1. The summed E-state index contributed by atoms with van der Waals surface area (Å²) in [5.41, 5.74) is 3.39. The minimum absolute atomic E-state index is 0. The maximum atomic E-state index is 6.14. The van der Waals surface area contributed by atoms with Gasteiger partial charge in [-0.25, -0.2) is 0 Å². The number of hydrogen-bond donors (Lipinski definition) is 2. The molecule has 2 unspecified atom stereocenters. The van der Waals surface area contributed by atoms with Gasteiger partial charge in [0.25, 0.3) is 0 Å². The van der Waals surface area contributed by atoms with E-state index >= 15 is 0 Å². The molecule has 1 aliphatic heterocycles. The number of rotatable bonds is 7. The predicted octanol–water partition coefficient (Wildman–Crippen LogP) is 5.18. The van der Waals surface area contributed by atoms with Gasteiger partial charge < -0.3 is 24.8 Å². The third kappa shape index (κ3) is 7.00. The maximum Gasteiger partial charge on any atom is 0.195 e. The normalized spacial score (nSPS) is 18.6. The minimum Gasteiger partial charge on any atom is -0.493 e. The summed E-state index contributed by atoms with van der Waals surface area (Å²) >= 11 is 0. The monoisotopic (exact) mass is 539 g/mol. The molecular formula is C24H34IN3O3. The second-order valence-electron chi connectivity index (χ2n) is 7.48. The van der Waals surface area contributed by atoms with Crippen molar-refractivity contribution in [3.8, 4) is 11.5 Å². The van der Waals surface area contributed by atoms with Gasteiger partial charge in [-0.15, -0.1) is 24.0 Å². The van der Waals surface area contributed by atoms with E-state index in [4.69, 9.17) is 14.2 Å². The average molecular weight is 539 g/mol. The summed E-state index contributed by atoms with van der Waals surface area (Å²) in [7, 11) is 3.42. The van der Waals surface area contributed by atoms with Crippen molar-refractivity contribution in [2.75, 3.05) is 39.2 Å². The molecule has 0 saturated carbocycles. The lowest BCUT2D eigenvalue weighted by Crippen LogP contribution is -2.38. The second kappa shape index (κ2) is 12.8. The van der Waals surface area contributed by atoms with Crippen molar-refractivity contribution in [2.24, 2.45) is 10.9 Å². The highest BCUT2D eigenvalue weighted by Crippen LogP contribution is 2.33. The third-order valence-corrected chi connectivity index (χ3v) is 5.33. The molecule has 7 heteroatoms. The fourth-order valence-electron chi connectivity index (χ4n) is 3.74. The van der Waals surface area contributed by atoms with Crippen LogP contribution in [0.2, 0.25) is 0 Å². The van der Waals surface area contributed by atoms with Crippen LogP contribution in [0.4, 0.5) is 5.69 Å². The van der Waals surface area contributed by atoms with Gasteiger partial charge in [-0.3, -0.25) is 4.99 Å². The Balaban J connectivity index is 0.00000341. The molecule has 0 bridgehead atoms. The van der Waals surface area contributed by atoms with E-state index in [0.29, 0.717) is 18.3 Å². The Morgan fingerprint density at radius 1 is 1.16 bits per heavy atom. The Morgan fingerprint density at radius 2 is 1.94 bits per heavy atom. The summed E-state index contributed by atoms with van der Waals surface area (Å²) < 4.78 is 17.2. The number of anilines is 1. The number of guanidine groups is 1. The molecule has 0 aliphatic carbocycles. The van der Waals surface area contributed by atoms with Crippen molar-refractivity contribution in [1.82, 2.24) is 5.32 Å². The predicted molar refractivity (Wildman–Crippen MR) is 137 cm³/mol. The lowest BCUT2D eigenvalue weighted by Gasteiger charge is -2.32. The van der Waals surface area contributed by atoms with E-state index in [0.717, 1.165) is 43.4 Å². The van der Waals surface area contributed by atoms with Crippen LogP contribution in [0.5, 0.6) is 11.5 Å². The van der Waals surface area contributed by atoms with E-state index in [1.54, 1.807) is 14.2 Å². The van der Waals surface area contributed by atoms with Crippen molar-refractivity contribution in [3.63, 3.8) is 0 Å². The number of ether oxygens (including phenoxy) is 3. The zero-order chi connectivity index (χ0) is 21.3. The summed E-state index contributed by atoms with van der Waals surface area (Å²) in [6.07, 6.45) is 2.31. The topological polar surface area (TPSA) is 64.1 Å². The molecule has 31 heavy (non-hydrogen) atoms. The zero-order valence-electron chi connectivity index (χ0n) is 18.8. The van der Waals surface area contributed by atoms with Crippen LogP contribution in [0.3, 0.4) is 0 Å². The molecule has 2 aromatic carbocycles. The number of hydrogen-bond acceptors (Lipinski definition) is 4. The first kappa shape index (κ1) is 25.3. The first-order valence-corrected chi connectivity index (χ1v) is 10.6. The van der Waals surface area contributed by atoms with Gasteiger partial charge >= 0.3 is 0 Å². The van der Waals surface area contributed by atoms with Gasteiger partial charge in [0.2, 0.25) is 0 Å². The van der Waals surface area contributed by atoms with Crippen LogP contribution in [-0.2, 0) is 4.74 Å². The Labute approximate surface area is 202 Å². The standard InChI is InChI=1S/C24H33N3O3.HI/c1-5-29-21-13-12-20(15-22(21)28-4)27-24(25-3)26-16-19-7-6-14-30-23(19)18-10-8-17(2)9-11-18;/h8-13,15,19,23H,5-7,14,16H2,1-4H3,(H2,25,26,27);1H. The van der Waals surface area contributed by atoms with Gasteiger partial charge in [0, 0.05) is 37.9 Å². The number of halogens is 1. The van der Waals surface area contributed by atoms with Crippen LogP contribution in [-0.4, -0.2) is 39.9 Å². The van der Waals surface area contributed by atoms with Crippen molar-refractivity contribution in [2.45, 2.75) is 32.8 Å². The molecule has 2 aromatic rings. The second-order valence-corrected chi connectivity index (χ2v) is 7.48. The molecule has 1 saturated heterocycles. The number of methoxy groups -OCH3 is 1. The van der Waals surface area contributed by atoms with Gasteiger partial charge in [-0.05, 0) is 44.4 Å². The van der Waals surface area contributed by atoms with E-state index in [-0.39, 0.29) is 30.1 Å². The minimum atomic E-state index is 0. The quantitative estimate of drug-likeness (QED) is 0.289. The molecule has 2 atom stereocenters. The Bertz CT molecular complexity index is 842. The number of benzene rings is 2. The molecule has 6 nitrogen and oxygen atoms in total. The maximum absolute atomic E-state index is 6.14. The van der Waals surface area contributed by atoms with Crippen LogP contribution in [0, 0.1) is 12.8 Å². The van der Waals surface area contributed by atoms with Gasteiger partial charge in [-0.1, -0.05) is 29.8 Å². The molecular weight excluding hydrogens is 505 g/mol. The SMILES string of the molecule is CCOc1ccc(NC(=NC)NCC2CCCOC2c2ccc(C)cc2)cc1OC.I. The van der Waals surface area contributed by atoms with E-state index in [1.165, 1.54) is 11.1 Å². The highest BCUT2D eigenvalue weighted by Gasteiger charge is 2.27. The average Bonchev–Trinajstić information content (AvgIpc) is 2.78. The van der Waals surface area contributed by atoms with Gasteiger partial charge in [0.05, 0.1) is 19.8 Å². The third-order valence-electron chi connectivity index (χ3n) is 5.33. The summed E-state index contributed by atoms with van der Waals surface area (Å²) in [5, 5.41) is 6.80. The molecule has 1 fully saturated rings. The fourth-order valence-corrected chi connectivity index (χ4v) is 3.74. The number of aryl methyl sites for hydroxylation is 1. The van der Waals surface area contributed by atoms with E-state index < -0.39 is 0 Å². The molecule has 2 N–H and O–H groups in total. The molecule has 1 aliphatic rings. The molecule has 170 valence electrons. The summed E-state index contributed by atoms with van der Waals surface area (Å²) in [6.45, 7) is 6.25. The molecule has 0 amide bonds. The number of nitrogens with zero attached hydrogens (tertiary/aromatic N) is 1. The van der Waals surface area contributed by atoms with Gasteiger partial charge in [-0.2, -0.15) is 0 Å². The van der Waals surface area contributed by atoms with Gasteiger partial charge in [0.1, 0.15) is 0 Å². The Hall–Kier alpha value is -2.00. The molecule has 0 spiro atoms.